The fourth-order valence-corrected chi connectivity index (χ4v) is 19.1. The molecule has 2 aliphatic rings. The SMILES string of the molecule is CCCC1C=C(C(C)(C)C)C=[C]1[Zr+2](=[C](c1ccc(C)cc1)c1ccc(C)cc1)[c]1c2c(cc(C(C)(C)C)c1C(C)(C)C)-c1cc(C(C)(C)C)c(C(C)(C)C)cc1C2.[Cl-].[Cl-]. The monoisotopic (exact) mass is 906 g/mol. The van der Waals surface area contributed by atoms with E-state index in [1.807, 2.05) is 0 Å². The van der Waals surface area contributed by atoms with Gasteiger partial charge in [-0.1, -0.05) is 0 Å². The first-order chi connectivity index (χ1) is 26.2. The van der Waals surface area contributed by atoms with Gasteiger partial charge in [0.2, 0.25) is 0 Å². The molecule has 2 aliphatic carbocycles. The van der Waals surface area contributed by atoms with Gasteiger partial charge in [-0.2, -0.15) is 0 Å². The fourth-order valence-electron chi connectivity index (χ4n) is 9.48. The van der Waals surface area contributed by atoms with Gasteiger partial charge >= 0.3 is 359 Å². The van der Waals surface area contributed by atoms with Gasteiger partial charge < -0.3 is 24.8 Å². The molecular weight excluding hydrogens is 835 g/mol. The second kappa shape index (κ2) is 17.5. The van der Waals surface area contributed by atoms with E-state index in [1.54, 1.807) is 20.9 Å². The number of hydrogen-bond donors (Lipinski definition) is 0. The smallest absolute Gasteiger partial charge is 1.00 e. The maximum Gasteiger partial charge on any atom is -1.00 e. The predicted octanol–water partition coefficient (Wildman–Crippen LogP) is 8.87. The molecule has 4 aromatic rings. The van der Waals surface area contributed by atoms with Gasteiger partial charge in [-0.05, 0) is 0 Å². The third kappa shape index (κ3) is 10.0. The zero-order chi connectivity index (χ0) is 42.2. The Morgan fingerprint density at radius 3 is 1.46 bits per heavy atom. The Bertz CT molecular complexity index is 2230. The summed E-state index contributed by atoms with van der Waals surface area (Å²) in [5.74, 6) is 0.454. The molecule has 316 valence electrons. The van der Waals surface area contributed by atoms with Crippen LogP contribution in [0.2, 0.25) is 0 Å². The van der Waals surface area contributed by atoms with E-state index in [4.69, 9.17) is 0 Å². The number of benzene rings is 4. The van der Waals surface area contributed by atoms with Crippen LogP contribution in [0.3, 0.4) is 0 Å². The van der Waals surface area contributed by atoms with Gasteiger partial charge in [0.1, 0.15) is 0 Å². The molecule has 0 saturated heterocycles. The van der Waals surface area contributed by atoms with Gasteiger partial charge in [-0.3, -0.25) is 0 Å². The largest absolute Gasteiger partial charge is 1.00 e. The summed E-state index contributed by atoms with van der Waals surface area (Å²) < 4.78 is 5.15. The fraction of sp³-hybridized carbons (Fsp3) is 0.482. The first-order valence-corrected chi connectivity index (χ1v) is 25.6. The number of allylic oxidation sites excluding steroid dienone is 4. The van der Waals surface area contributed by atoms with Gasteiger partial charge in [0.15, 0.2) is 0 Å². The van der Waals surface area contributed by atoms with Crippen molar-refractivity contribution in [2.45, 2.75) is 166 Å². The average molecular weight is 909 g/mol. The Kier molecular flexibility index (Phi) is 14.6. The van der Waals surface area contributed by atoms with Crippen LogP contribution in [0.15, 0.2) is 87.7 Å². The minimum Gasteiger partial charge on any atom is -1.00 e. The molecule has 0 amide bonds. The number of hydrogen-bond acceptors (Lipinski definition) is 0. The van der Waals surface area contributed by atoms with E-state index in [1.165, 1.54) is 74.0 Å². The van der Waals surface area contributed by atoms with Gasteiger partial charge in [0.25, 0.3) is 0 Å². The molecule has 0 N–H and O–H groups in total. The average Bonchev–Trinajstić information content (AvgIpc) is 3.67. The predicted molar refractivity (Wildman–Crippen MR) is 249 cm³/mol. The summed E-state index contributed by atoms with van der Waals surface area (Å²) in [5.41, 5.74) is 19.4. The normalized spacial score (nSPS) is 15.3. The third-order valence-electron chi connectivity index (χ3n) is 12.5. The van der Waals surface area contributed by atoms with Crippen molar-refractivity contribution < 1.29 is 46.1 Å². The van der Waals surface area contributed by atoms with Gasteiger partial charge in [-0.15, -0.1) is 0 Å². The third-order valence-corrected chi connectivity index (χ3v) is 20.5. The van der Waals surface area contributed by atoms with E-state index < -0.39 is 21.3 Å². The van der Waals surface area contributed by atoms with Crippen molar-refractivity contribution in [1.29, 1.82) is 0 Å². The van der Waals surface area contributed by atoms with Crippen LogP contribution in [0, 0.1) is 25.2 Å². The van der Waals surface area contributed by atoms with Gasteiger partial charge in [0.05, 0.1) is 0 Å². The van der Waals surface area contributed by atoms with Crippen LogP contribution in [-0.2, 0) is 49.3 Å². The van der Waals surface area contributed by atoms with Crippen molar-refractivity contribution in [2.75, 3.05) is 0 Å². The Morgan fingerprint density at radius 1 is 0.576 bits per heavy atom. The number of rotatable bonds is 6. The molecule has 0 spiro atoms. The van der Waals surface area contributed by atoms with Crippen LogP contribution in [0.25, 0.3) is 11.1 Å². The van der Waals surface area contributed by atoms with E-state index in [2.05, 4.69) is 204 Å². The van der Waals surface area contributed by atoms with E-state index >= 15 is 0 Å². The quantitative estimate of drug-likeness (QED) is 0.160. The van der Waals surface area contributed by atoms with Crippen molar-refractivity contribution in [2.24, 2.45) is 11.3 Å². The van der Waals surface area contributed by atoms with Crippen LogP contribution < -0.4 is 28.1 Å². The minimum atomic E-state index is -3.18. The van der Waals surface area contributed by atoms with Crippen LogP contribution in [0.5, 0.6) is 0 Å². The maximum absolute atomic E-state index is 3.18. The molecule has 0 fully saturated rings. The topological polar surface area (TPSA) is 0 Å². The van der Waals surface area contributed by atoms with Crippen LogP contribution >= 0.6 is 0 Å². The summed E-state index contributed by atoms with van der Waals surface area (Å²) in [6.07, 6.45) is 8.83. The Balaban J connectivity index is 0.00000384. The second-order valence-corrected chi connectivity index (χ2v) is 28.5. The van der Waals surface area contributed by atoms with E-state index in [-0.39, 0.29) is 51.9 Å². The molecule has 59 heavy (non-hydrogen) atoms. The van der Waals surface area contributed by atoms with E-state index in [0.29, 0.717) is 5.92 Å². The molecule has 1 unspecified atom stereocenters. The molecule has 0 radical (unpaired) electrons. The van der Waals surface area contributed by atoms with E-state index in [0.717, 1.165) is 6.42 Å². The maximum atomic E-state index is 2.75. The molecule has 0 saturated carbocycles. The number of fused-ring (bicyclic) bond motifs is 3. The van der Waals surface area contributed by atoms with Crippen LogP contribution in [0.1, 0.15) is 179 Å². The molecule has 3 heteroatoms. The van der Waals surface area contributed by atoms with Crippen LogP contribution in [-0.4, -0.2) is 3.21 Å². The van der Waals surface area contributed by atoms with Crippen LogP contribution in [0.4, 0.5) is 0 Å². The first kappa shape index (κ1) is 49.3. The molecule has 4 aromatic carbocycles. The second-order valence-electron chi connectivity index (χ2n) is 22.8. The molecular formula is C56H74Cl2Zr. The zero-order valence-corrected chi connectivity index (χ0v) is 43.9. The van der Waals surface area contributed by atoms with Crippen molar-refractivity contribution in [3.63, 3.8) is 0 Å². The standard InChI is InChI=1S/C29H41.C15H14.C12H19.2ClH.Zr/c1-26(2,3)22-14-18-13-19-15-23(27(4,5)6)25(29(10,11)12)17-21(19)20(18)16-24(22)28(7,8)9;1-12-3-7-14(8-4-12)11-15-9-5-13(2)6-10-15;1-5-6-10-7-8-11(9-10)12(2,3)4;;;/h14,16-17H,13H2,1-12H3;3-10H,1-2H3;8-10H,5-6H2,1-4H3;2*1H;/q;;;;;+2/p-2. The Labute approximate surface area is 381 Å². The zero-order valence-electron chi connectivity index (χ0n) is 40.0. The summed E-state index contributed by atoms with van der Waals surface area (Å²) in [6.45, 7) is 43.5. The van der Waals surface area contributed by atoms with Crippen molar-refractivity contribution in [1.82, 2.24) is 0 Å². The molecule has 0 aliphatic heterocycles. The Morgan fingerprint density at radius 2 is 1.03 bits per heavy atom. The number of aryl methyl sites for hydroxylation is 2. The summed E-state index contributed by atoms with van der Waals surface area (Å²) in [5, 5.41) is 0. The molecule has 0 heterocycles. The molecule has 1 atom stereocenters. The van der Waals surface area contributed by atoms with Crippen molar-refractivity contribution >= 4 is 6.48 Å². The molecule has 0 aromatic heterocycles. The Hall–Kier alpha value is -2.31. The molecule has 0 bridgehead atoms. The summed E-state index contributed by atoms with van der Waals surface area (Å²) in [4.78, 5) is 0. The van der Waals surface area contributed by atoms with Crippen molar-refractivity contribution in [3.8, 4) is 11.1 Å². The first-order valence-electron chi connectivity index (χ1n) is 21.9. The van der Waals surface area contributed by atoms with E-state index in [9.17, 15) is 0 Å². The van der Waals surface area contributed by atoms with Gasteiger partial charge in [0, 0.05) is 0 Å². The minimum absolute atomic E-state index is 0. The van der Waals surface area contributed by atoms with Crippen molar-refractivity contribution in [3.05, 3.63) is 143 Å². The molecule has 6 rings (SSSR count). The summed E-state index contributed by atoms with van der Waals surface area (Å²) in [6, 6.07) is 27.2. The van der Waals surface area contributed by atoms with Gasteiger partial charge in [-0.25, -0.2) is 0 Å². The number of halogens is 2. The summed E-state index contributed by atoms with van der Waals surface area (Å²) >= 11 is -3.18. The summed E-state index contributed by atoms with van der Waals surface area (Å²) in [7, 11) is 0. The molecule has 0 nitrogen and oxygen atoms in total.